The molecule has 4 nitrogen and oxygen atoms in total. The molecule has 0 unspecified atom stereocenters. The number of nitrogens with zero attached hydrogens (tertiary/aromatic N) is 1. The van der Waals surface area contributed by atoms with Crippen LogP contribution in [0.5, 0.6) is 5.75 Å². The molecule has 0 fully saturated rings. The average molecular weight is 254 g/mol. The van der Waals surface area contributed by atoms with E-state index in [1.165, 1.54) is 25.3 Å². The maximum absolute atomic E-state index is 13.1. The monoisotopic (exact) mass is 254 g/mol. The van der Waals surface area contributed by atoms with E-state index >= 15 is 0 Å². The van der Waals surface area contributed by atoms with E-state index in [-0.39, 0.29) is 11.5 Å². The van der Waals surface area contributed by atoms with E-state index in [1.54, 1.807) is 0 Å². The zero-order chi connectivity index (χ0) is 13.5. The minimum atomic E-state index is -0.450. The number of rotatable bonds is 6. The molecule has 1 amide bonds. The van der Waals surface area contributed by atoms with Crippen molar-refractivity contribution in [3.05, 3.63) is 29.6 Å². The topological polar surface area (TPSA) is 41.6 Å². The first kappa shape index (κ1) is 14.4. The van der Waals surface area contributed by atoms with Crippen LogP contribution in [0.15, 0.2) is 18.2 Å². The van der Waals surface area contributed by atoms with Crippen LogP contribution in [-0.4, -0.2) is 45.1 Å². The van der Waals surface area contributed by atoms with Crippen LogP contribution in [0.4, 0.5) is 4.39 Å². The van der Waals surface area contributed by atoms with Gasteiger partial charge < -0.3 is 15.0 Å². The number of methoxy groups -OCH3 is 1. The smallest absolute Gasteiger partial charge is 0.255 e. The largest absolute Gasteiger partial charge is 0.496 e. The molecule has 1 aromatic rings. The van der Waals surface area contributed by atoms with Crippen molar-refractivity contribution in [2.45, 2.75) is 6.42 Å². The standard InChI is InChI=1S/C13H19FN2O2/c1-16(2)8-4-7-15-13(17)11-9-10(14)5-6-12(11)18-3/h5-6,9H,4,7-8H2,1-3H3,(H,15,17). The molecule has 0 spiro atoms. The summed E-state index contributed by atoms with van der Waals surface area (Å²) in [6, 6.07) is 3.89. The molecule has 0 aliphatic carbocycles. The lowest BCUT2D eigenvalue weighted by Gasteiger charge is -2.11. The van der Waals surface area contributed by atoms with Crippen molar-refractivity contribution in [1.82, 2.24) is 10.2 Å². The number of hydrogen-bond donors (Lipinski definition) is 1. The van der Waals surface area contributed by atoms with Gasteiger partial charge in [0.05, 0.1) is 12.7 Å². The van der Waals surface area contributed by atoms with Crippen molar-refractivity contribution in [1.29, 1.82) is 0 Å². The van der Waals surface area contributed by atoms with Crippen LogP contribution >= 0.6 is 0 Å². The Kier molecular flexibility index (Phi) is 5.58. The van der Waals surface area contributed by atoms with Crippen molar-refractivity contribution in [3.63, 3.8) is 0 Å². The SMILES string of the molecule is COc1ccc(F)cc1C(=O)NCCCN(C)C. The Balaban J connectivity index is 2.58. The van der Waals surface area contributed by atoms with Crippen LogP contribution in [0.3, 0.4) is 0 Å². The summed E-state index contributed by atoms with van der Waals surface area (Å²) >= 11 is 0. The summed E-state index contributed by atoms with van der Waals surface area (Å²) in [6.45, 7) is 1.44. The molecular formula is C13H19FN2O2. The molecular weight excluding hydrogens is 235 g/mol. The van der Waals surface area contributed by atoms with Gasteiger partial charge in [0, 0.05) is 6.54 Å². The van der Waals surface area contributed by atoms with Gasteiger partial charge >= 0.3 is 0 Å². The molecule has 0 aliphatic rings. The van der Waals surface area contributed by atoms with Gasteiger partial charge in [-0.15, -0.1) is 0 Å². The lowest BCUT2D eigenvalue weighted by molar-refractivity contribution is 0.0949. The normalized spacial score (nSPS) is 10.5. The highest BCUT2D eigenvalue weighted by Gasteiger charge is 2.12. The highest BCUT2D eigenvalue weighted by molar-refractivity contribution is 5.96. The minimum absolute atomic E-state index is 0.224. The van der Waals surface area contributed by atoms with Gasteiger partial charge in [-0.05, 0) is 45.3 Å². The molecule has 18 heavy (non-hydrogen) atoms. The molecule has 1 rings (SSSR count). The number of carbonyl (C=O) groups excluding carboxylic acids is 1. The Hall–Kier alpha value is -1.62. The number of ether oxygens (including phenoxy) is 1. The molecule has 0 saturated carbocycles. The highest BCUT2D eigenvalue weighted by atomic mass is 19.1. The third kappa shape index (κ3) is 4.33. The summed E-state index contributed by atoms with van der Waals surface area (Å²) in [5.74, 6) is -0.388. The predicted octanol–water partition coefficient (Wildman–Crippen LogP) is 1.52. The second kappa shape index (κ2) is 6.96. The first-order chi connectivity index (χ1) is 8.54. The average Bonchev–Trinajstić information content (AvgIpc) is 2.34. The third-order valence-electron chi connectivity index (χ3n) is 2.47. The van der Waals surface area contributed by atoms with E-state index in [0.29, 0.717) is 12.3 Å². The fourth-order valence-electron chi connectivity index (χ4n) is 1.55. The number of benzene rings is 1. The number of nitrogens with one attached hydrogen (secondary N) is 1. The van der Waals surface area contributed by atoms with E-state index in [2.05, 4.69) is 5.32 Å². The van der Waals surface area contributed by atoms with Crippen molar-refractivity contribution >= 4 is 5.91 Å². The Morgan fingerprint density at radius 1 is 1.44 bits per heavy atom. The molecule has 1 aromatic carbocycles. The van der Waals surface area contributed by atoms with E-state index in [0.717, 1.165) is 13.0 Å². The second-order valence-electron chi connectivity index (χ2n) is 4.26. The summed E-state index contributed by atoms with van der Waals surface area (Å²) in [5.41, 5.74) is 0.224. The van der Waals surface area contributed by atoms with Crippen molar-refractivity contribution < 1.29 is 13.9 Å². The third-order valence-corrected chi connectivity index (χ3v) is 2.47. The van der Waals surface area contributed by atoms with Crippen LogP contribution in [0.25, 0.3) is 0 Å². The van der Waals surface area contributed by atoms with Gasteiger partial charge in [0.25, 0.3) is 5.91 Å². The number of halogens is 1. The molecule has 0 aliphatic heterocycles. The summed E-state index contributed by atoms with van der Waals surface area (Å²) in [6.07, 6.45) is 0.844. The zero-order valence-electron chi connectivity index (χ0n) is 11.0. The zero-order valence-corrected chi connectivity index (χ0v) is 11.0. The van der Waals surface area contributed by atoms with Gasteiger partial charge in [0.1, 0.15) is 11.6 Å². The minimum Gasteiger partial charge on any atom is -0.496 e. The molecule has 0 radical (unpaired) electrons. The summed E-state index contributed by atoms with van der Waals surface area (Å²) in [5, 5.41) is 2.74. The number of amides is 1. The first-order valence-electron chi connectivity index (χ1n) is 5.81. The van der Waals surface area contributed by atoms with Crippen molar-refractivity contribution in [2.75, 3.05) is 34.3 Å². The molecule has 0 heterocycles. The van der Waals surface area contributed by atoms with E-state index in [1.807, 2.05) is 19.0 Å². The van der Waals surface area contributed by atoms with Crippen LogP contribution < -0.4 is 10.1 Å². The van der Waals surface area contributed by atoms with E-state index < -0.39 is 5.82 Å². The van der Waals surface area contributed by atoms with E-state index in [4.69, 9.17) is 4.74 Å². The summed E-state index contributed by atoms with van der Waals surface area (Å²) in [4.78, 5) is 13.9. The van der Waals surface area contributed by atoms with Gasteiger partial charge in [-0.1, -0.05) is 0 Å². The molecule has 0 aromatic heterocycles. The van der Waals surface area contributed by atoms with Gasteiger partial charge in [-0.2, -0.15) is 0 Å². The Bertz CT molecular complexity index is 408. The molecule has 0 atom stereocenters. The second-order valence-corrected chi connectivity index (χ2v) is 4.26. The maximum Gasteiger partial charge on any atom is 0.255 e. The Morgan fingerprint density at radius 2 is 2.17 bits per heavy atom. The van der Waals surface area contributed by atoms with Crippen LogP contribution in [0.2, 0.25) is 0 Å². The van der Waals surface area contributed by atoms with Gasteiger partial charge in [0.15, 0.2) is 0 Å². The first-order valence-corrected chi connectivity index (χ1v) is 5.81. The lowest BCUT2D eigenvalue weighted by atomic mass is 10.2. The Labute approximate surface area is 107 Å². The van der Waals surface area contributed by atoms with Gasteiger partial charge in [-0.3, -0.25) is 4.79 Å². The fraction of sp³-hybridized carbons (Fsp3) is 0.462. The van der Waals surface area contributed by atoms with Crippen LogP contribution in [-0.2, 0) is 0 Å². The van der Waals surface area contributed by atoms with Gasteiger partial charge in [-0.25, -0.2) is 4.39 Å². The molecule has 5 heteroatoms. The quantitative estimate of drug-likeness (QED) is 0.782. The molecule has 100 valence electrons. The highest BCUT2D eigenvalue weighted by Crippen LogP contribution is 2.18. The van der Waals surface area contributed by atoms with Crippen LogP contribution in [0, 0.1) is 5.82 Å². The van der Waals surface area contributed by atoms with Gasteiger partial charge in [0.2, 0.25) is 0 Å². The van der Waals surface area contributed by atoms with E-state index in [9.17, 15) is 9.18 Å². The maximum atomic E-state index is 13.1. The number of carbonyl (C=O) groups is 1. The Morgan fingerprint density at radius 3 is 2.78 bits per heavy atom. The lowest BCUT2D eigenvalue weighted by Crippen LogP contribution is -2.27. The van der Waals surface area contributed by atoms with Crippen molar-refractivity contribution in [3.8, 4) is 5.75 Å². The van der Waals surface area contributed by atoms with Crippen LogP contribution in [0.1, 0.15) is 16.8 Å². The number of hydrogen-bond acceptors (Lipinski definition) is 3. The molecule has 1 N–H and O–H groups in total. The van der Waals surface area contributed by atoms with Crippen molar-refractivity contribution in [2.24, 2.45) is 0 Å². The fourth-order valence-corrected chi connectivity index (χ4v) is 1.55. The summed E-state index contributed by atoms with van der Waals surface area (Å²) < 4.78 is 18.1. The molecule has 0 saturated heterocycles. The molecule has 0 bridgehead atoms. The predicted molar refractivity (Wildman–Crippen MR) is 68.5 cm³/mol. The summed E-state index contributed by atoms with van der Waals surface area (Å²) in [7, 11) is 5.39.